The average Bonchev–Trinajstić information content (AvgIpc) is 2.81. The number of nitrogens with one attached hydrogen (secondary N) is 2. The van der Waals surface area contributed by atoms with Gasteiger partial charge in [-0.3, -0.25) is 14.4 Å². The van der Waals surface area contributed by atoms with Crippen LogP contribution in [0.15, 0.2) is 0 Å². The van der Waals surface area contributed by atoms with Crippen LogP contribution < -0.4 is 10.6 Å². The van der Waals surface area contributed by atoms with E-state index in [1.807, 2.05) is 0 Å². The van der Waals surface area contributed by atoms with Crippen LogP contribution in [0.25, 0.3) is 0 Å². The quantitative estimate of drug-likeness (QED) is 0.671. The highest BCUT2D eigenvalue weighted by Crippen LogP contribution is 2.11. The lowest BCUT2D eigenvalue weighted by atomic mass is 10.1. The van der Waals surface area contributed by atoms with Crippen LogP contribution in [-0.4, -0.2) is 48.5 Å². The SMILES string of the molecule is COC(=O)[C@@H](CC(=O)OC(C)(C)C)NC(=O)[C@@H]1CCC(=O)N1. The van der Waals surface area contributed by atoms with Gasteiger partial charge in [-0.05, 0) is 27.2 Å². The Hall–Kier alpha value is -2.12. The van der Waals surface area contributed by atoms with Crippen LogP contribution in [-0.2, 0) is 28.7 Å². The summed E-state index contributed by atoms with van der Waals surface area (Å²) in [5.74, 6) is -2.12. The summed E-state index contributed by atoms with van der Waals surface area (Å²) < 4.78 is 9.70. The summed E-state index contributed by atoms with van der Waals surface area (Å²) in [5, 5.41) is 4.91. The van der Waals surface area contributed by atoms with E-state index in [-0.39, 0.29) is 18.7 Å². The van der Waals surface area contributed by atoms with E-state index in [0.717, 1.165) is 7.11 Å². The monoisotopic (exact) mass is 314 g/mol. The van der Waals surface area contributed by atoms with Crippen LogP contribution in [0.5, 0.6) is 0 Å². The number of carbonyl (C=O) groups is 4. The van der Waals surface area contributed by atoms with Crippen LogP contribution in [0.1, 0.15) is 40.0 Å². The Morgan fingerprint density at radius 3 is 2.45 bits per heavy atom. The molecule has 1 aliphatic rings. The Bertz CT molecular complexity index is 468. The lowest BCUT2D eigenvalue weighted by Crippen LogP contribution is -2.50. The molecule has 0 radical (unpaired) electrons. The molecule has 124 valence electrons. The molecule has 2 N–H and O–H groups in total. The van der Waals surface area contributed by atoms with Gasteiger partial charge in [-0.1, -0.05) is 0 Å². The predicted octanol–water partition coefficient (Wildman–Crippen LogP) is -0.345. The first-order valence-corrected chi connectivity index (χ1v) is 7.02. The van der Waals surface area contributed by atoms with Crippen molar-refractivity contribution in [2.24, 2.45) is 0 Å². The number of hydrogen-bond donors (Lipinski definition) is 2. The molecule has 1 rings (SSSR count). The molecule has 0 spiro atoms. The van der Waals surface area contributed by atoms with E-state index < -0.39 is 35.5 Å². The molecule has 0 aromatic carbocycles. The van der Waals surface area contributed by atoms with Gasteiger partial charge in [0.1, 0.15) is 17.7 Å². The number of amides is 2. The first kappa shape index (κ1) is 17.9. The summed E-state index contributed by atoms with van der Waals surface area (Å²) in [5.41, 5.74) is -0.693. The minimum Gasteiger partial charge on any atom is -0.467 e. The maximum Gasteiger partial charge on any atom is 0.328 e. The molecule has 1 saturated heterocycles. The minimum atomic E-state index is -1.15. The highest BCUT2D eigenvalue weighted by molar-refractivity contribution is 5.94. The molecular weight excluding hydrogens is 292 g/mol. The molecule has 2 atom stereocenters. The molecule has 0 unspecified atom stereocenters. The zero-order valence-corrected chi connectivity index (χ0v) is 13.2. The van der Waals surface area contributed by atoms with Crippen LogP contribution >= 0.6 is 0 Å². The van der Waals surface area contributed by atoms with E-state index in [1.54, 1.807) is 20.8 Å². The van der Waals surface area contributed by atoms with Crippen LogP contribution in [0.3, 0.4) is 0 Å². The van der Waals surface area contributed by atoms with Crippen LogP contribution in [0, 0.1) is 0 Å². The van der Waals surface area contributed by atoms with Gasteiger partial charge >= 0.3 is 11.9 Å². The van der Waals surface area contributed by atoms with Crippen molar-refractivity contribution in [1.82, 2.24) is 10.6 Å². The third-order valence-electron chi connectivity index (χ3n) is 2.90. The zero-order chi connectivity index (χ0) is 16.9. The molecule has 0 saturated carbocycles. The Balaban J connectivity index is 2.64. The van der Waals surface area contributed by atoms with Gasteiger partial charge in [0.05, 0.1) is 13.5 Å². The standard InChI is InChI=1S/C14H22N2O6/c1-14(2,3)22-11(18)7-9(13(20)21-4)16-12(19)8-5-6-10(17)15-8/h8-9H,5-7H2,1-4H3,(H,15,17)(H,16,19)/t8-,9+/m0/s1. The summed E-state index contributed by atoms with van der Waals surface area (Å²) in [6.45, 7) is 5.10. The smallest absolute Gasteiger partial charge is 0.328 e. The van der Waals surface area contributed by atoms with Gasteiger partial charge in [-0.25, -0.2) is 4.79 Å². The fourth-order valence-electron chi connectivity index (χ4n) is 1.97. The second kappa shape index (κ2) is 7.24. The third-order valence-corrected chi connectivity index (χ3v) is 2.90. The van der Waals surface area contributed by atoms with Crippen molar-refractivity contribution in [3.05, 3.63) is 0 Å². The first-order chi connectivity index (χ1) is 10.1. The first-order valence-electron chi connectivity index (χ1n) is 7.02. The number of methoxy groups -OCH3 is 1. The summed E-state index contributed by atoms with van der Waals surface area (Å²) in [4.78, 5) is 46.6. The second-order valence-electron chi connectivity index (χ2n) is 6.03. The van der Waals surface area contributed by atoms with Gasteiger partial charge in [-0.2, -0.15) is 0 Å². The lowest BCUT2D eigenvalue weighted by molar-refractivity contribution is -0.159. The van der Waals surface area contributed by atoms with Crippen LogP contribution in [0.4, 0.5) is 0 Å². The molecule has 8 heteroatoms. The largest absolute Gasteiger partial charge is 0.467 e. The lowest BCUT2D eigenvalue weighted by Gasteiger charge is -2.22. The number of ether oxygens (including phenoxy) is 2. The highest BCUT2D eigenvalue weighted by atomic mass is 16.6. The number of esters is 2. The predicted molar refractivity (Wildman–Crippen MR) is 75.6 cm³/mol. The van der Waals surface area contributed by atoms with E-state index in [4.69, 9.17) is 4.74 Å². The number of hydrogen-bond acceptors (Lipinski definition) is 6. The third kappa shape index (κ3) is 5.71. The molecule has 22 heavy (non-hydrogen) atoms. The molecule has 8 nitrogen and oxygen atoms in total. The highest BCUT2D eigenvalue weighted by Gasteiger charge is 2.32. The van der Waals surface area contributed by atoms with Crippen molar-refractivity contribution >= 4 is 23.8 Å². The van der Waals surface area contributed by atoms with Crippen molar-refractivity contribution in [3.8, 4) is 0 Å². The van der Waals surface area contributed by atoms with Gasteiger partial charge in [0.15, 0.2) is 0 Å². The average molecular weight is 314 g/mol. The summed E-state index contributed by atoms with van der Waals surface area (Å²) >= 11 is 0. The van der Waals surface area contributed by atoms with Gasteiger partial charge in [-0.15, -0.1) is 0 Å². The molecule has 1 heterocycles. The summed E-state index contributed by atoms with van der Waals surface area (Å²) in [6, 6.07) is -1.84. The molecule has 0 aromatic heterocycles. The Morgan fingerprint density at radius 1 is 1.36 bits per heavy atom. The van der Waals surface area contributed by atoms with Crippen molar-refractivity contribution in [1.29, 1.82) is 0 Å². The van der Waals surface area contributed by atoms with E-state index in [1.165, 1.54) is 0 Å². The molecule has 2 amide bonds. The van der Waals surface area contributed by atoms with Crippen molar-refractivity contribution < 1.29 is 28.7 Å². The van der Waals surface area contributed by atoms with Gasteiger partial charge in [0.2, 0.25) is 11.8 Å². The molecule has 0 bridgehead atoms. The molecule has 0 aliphatic carbocycles. The van der Waals surface area contributed by atoms with Crippen molar-refractivity contribution in [2.45, 2.75) is 57.7 Å². The summed E-state index contributed by atoms with van der Waals surface area (Å²) in [7, 11) is 1.16. The fraction of sp³-hybridized carbons (Fsp3) is 0.714. The minimum absolute atomic E-state index is 0.220. The normalized spacial score (nSPS) is 19.1. The van der Waals surface area contributed by atoms with Gasteiger partial charge in [0.25, 0.3) is 0 Å². The molecule has 1 fully saturated rings. The van der Waals surface area contributed by atoms with E-state index in [9.17, 15) is 19.2 Å². The Kier molecular flexibility index (Phi) is 5.90. The second-order valence-corrected chi connectivity index (χ2v) is 6.03. The zero-order valence-electron chi connectivity index (χ0n) is 13.2. The molecular formula is C14H22N2O6. The van der Waals surface area contributed by atoms with E-state index >= 15 is 0 Å². The molecule has 0 aromatic rings. The Morgan fingerprint density at radius 2 is 2.00 bits per heavy atom. The fourth-order valence-corrected chi connectivity index (χ4v) is 1.97. The number of rotatable bonds is 5. The topological polar surface area (TPSA) is 111 Å². The van der Waals surface area contributed by atoms with Gasteiger partial charge in [0, 0.05) is 6.42 Å². The Labute approximate surface area is 128 Å². The van der Waals surface area contributed by atoms with Crippen molar-refractivity contribution in [3.63, 3.8) is 0 Å². The van der Waals surface area contributed by atoms with Crippen molar-refractivity contribution in [2.75, 3.05) is 7.11 Å². The maximum atomic E-state index is 12.0. The summed E-state index contributed by atoms with van der Waals surface area (Å²) in [6.07, 6.45) is 0.272. The number of carbonyl (C=O) groups excluding carboxylic acids is 4. The van der Waals surface area contributed by atoms with E-state index in [2.05, 4.69) is 15.4 Å². The van der Waals surface area contributed by atoms with Crippen LogP contribution in [0.2, 0.25) is 0 Å². The van der Waals surface area contributed by atoms with Gasteiger partial charge < -0.3 is 20.1 Å². The molecule has 1 aliphatic heterocycles. The van der Waals surface area contributed by atoms with E-state index in [0.29, 0.717) is 6.42 Å². The maximum absolute atomic E-state index is 12.0.